The van der Waals surface area contributed by atoms with Gasteiger partial charge in [-0.05, 0) is 55.0 Å². The Labute approximate surface area is 162 Å². The molecule has 0 aliphatic rings. The molecule has 8 heteroatoms. The smallest absolute Gasteiger partial charge is 0.216 e. The number of nitrogens with one attached hydrogen (secondary N) is 1. The maximum Gasteiger partial charge on any atom is 0.216 e. The van der Waals surface area contributed by atoms with Gasteiger partial charge in [-0.25, -0.2) is 0 Å². The van der Waals surface area contributed by atoms with Gasteiger partial charge >= 0.3 is 0 Å². The number of hydrogen-bond acceptors (Lipinski definition) is 6. The highest BCUT2D eigenvalue weighted by Crippen LogP contribution is 2.28. The molecule has 0 saturated carbocycles. The highest BCUT2D eigenvalue weighted by molar-refractivity contribution is 7.71. The van der Waals surface area contributed by atoms with Gasteiger partial charge in [0.15, 0.2) is 11.5 Å². The number of nitrogens with zero attached hydrogens (tertiary/aromatic N) is 3. The summed E-state index contributed by atoms with van der Waals surface area (Å²) in [4.78, 5) is 0. The fourth-order valence-electron chi connectivity index (χ4n) is 2.44. The third-order valence-electron chi connectivity index (χ3n) is 3.70. The number of aromatic nitrogens is 3. The Hall–Kier alpha value is -3.13. The maximum absolute atomic E-state index is 5.96. The molecule has 0 aliphatic heterocycles. The molecular weight excluding hydrogens is 364 g/mol. The topological polar surface area (TPSA) is 73.7 Å². The van der Waals surface area contributed by atoms with Crippen LogP contribution in [0.5, 0.6) is 17.2 Å². The van der Waals surface area contributed by atoms with Crippen LogP contribution in [0, 0.1) is 4.77 Å². The molecule has 0 saturated heterocycles. The molecule has 27 heavy (non-hydrogen) atoms. The standard InChI is InChI=1S/C19H20N4O3S/c1-3-25-17-6-4-5-7-18(17)26-12-15-10-14(8-9-16(15)24-2)11-21-23-13-20-22-19(23)27/h4-11,13H,3,12H2,1-2H3,(H,22,27). The number of aromatic amines is 1. The summed E-state index contributed by atoms with van der Waals surface area (Å²) >= 11 is 5.07. The lowest BCUT2D eigenvalue weighted by Crippen LogP contribution is -2.02. The van der Waals surface area contributed by atoms with E-state index in [1.165, 1.54) is 11.0 Å². The average molecular weight is 384 g/mol. The van der Waals surface area contributed by atoms with Crippen molar-refractivity contribution in [1.82, 2.24) is 14.9 Å². The number of methoxy groups -OCH3 is 1. The zero-order valence-corrected chi connectivity index (χ0v) is 15.9. The minimum Gasteiger partial charge on any atom is -0.496 e. The summed E-state index contributed by atoms with van der Waals surface area (Å²) in [5, 5.41) is 10.8. The van der Waals surface area contributed by atoms with Crippen molar-refractivity contribution in [2.75, 3.05) is 13.7 Å². The van der Waals surface area contributed by atoms with Gasteiger partial charge in [0.1, 0.15) is 18.7 Å². The molecule has 0 fully saturated rings. The largest absolute Gasteiger partial charge is 0.496 e. The quantitative estimate of drug-likeness (QED) is 0.472. The lowest BCUT2D eigenvalue weighted by Gasteiger charge is -2.14. The number of rotatable bonds is 8. The van der Waals surface area contributed by atoms with Crippen molar-refractivity contribution in [3.8, 4) is 17.2 Å². The molecule has 0 spiro atoms. The minimum absolute atomic E-state index is 0.333. The van der Waals surface area contributed by atoms with Crippen LogP contribution in [0.2, 0.25) is 0 Å². The van der Waals surface area contributed by atoms with Crippen molar-refractivity contribution in [3.63, 3.8) is 0 Å². The van der Waals surface area contributed by atoms with Crippen LogP contribution in [0.1, 0.15) is 18.1 Å². The summed E-state index contributed by atoms with van der Waals surface area (Å²) in [5.74, 6) is 2.14. The average Bonchev–Trinajstić information content (AvgIpc) is 3.11. The molecule has 1 aromatic heterocycles. The van der Waals surface area contributed by atoms with Crippen LogP contribution in [-0.4, -0.2) is 34.8 Å². The molecule has 2 aromatic carbocycles. The predicted molar refractivity (Wildman–Crippen MR) is 105 cm³/mol. The van der Waals surface area contributed by atoms with E-state index < -0.39 is 0 Å². The number of ether oxygens (including phenoxy) is 3. The second-order valence-corrected chi connectivity index (χ2v) is 5.88. The molecule has 0 unspecified atom stereocenters. The summed E-state index contributed by atoms with van der Waals surface area (Å²) < 4.78 is 18.9. The van der Waals surface area contributed by atoms with Crippen molar-refractivity contribution in [3.05, 3.63) is 64.7 Å². The summed E-state index contributed by atoms with van der Waals surface area (Å²) in [6, 6.07) is 13.3. The van der Waals surface area contributed by atoms with E-state index in [4.69, 9.17) is 26.4 Å². The predicted octanol–water partition coefficient (Wildman–Crippen LogP) is 3.81. The number of benzene rings is 2. The summed E-state index contributed by atoms with van der Waals surface area (Å²) in [6.07, 6.45) is 3.21. The third-order valence-corrected chi connectivity index (χ3v) is 3.98. The van der Waals surface area contributed by atoms with E-state index in [-0.39, 0.29) is 0 Å². The normalized spacial score (nSPS) is 10.9. The van der Waals surface area contributed by atoms with E-state index in [2.05, 4.69) is 15.3 Å². The van der Waals surface area contributed by atoms with Crippen LogP contribution in [0.4, 0.5) is 0 Å². The molecule has 1 N–H and O–H groups in total. The Bertz CT molecular complexity index is 981. The van der Waals surface area contributed by atoms with Gasteiger partial charge in [0.05, 0.1) is 19.9 Å². The van der Waals surface area contributed by atoms with Crippen molar-refractivity contribution in [2.24, 2.45) is 5.10 Å². The van der Waals surface area contributed by atoms with Gasteiger partial charge in [0.25, 0.3) is 0 Å². The van der Waals surface area contributed by atoms with Crippen molar-refractivity contribution in [1.29, 1.82) is 0 Å². The van der Waals surface area contributed by atoms with E-state index >= 15 is 0 Å². The number of H-pyrrole nitrogens is 1. The zero-order chi connectivity index (χ0) is 19.1. The van der Waals surface area contributed by atoms with Crippen molar-refractivity contribution in [2.45, 2.75) is 13.5 Å². The lowest BCUT2D eigenvalue weighted by molar-refractivity contribution is 0.265. The molecule has 3 aromatic rings. The summed E-state index contributed by atoms with van der Waals surface area (Å²) in [5.41, 5.74) is 1.78. The highest BCUT2D eigenvalue weighted by atomic mass is 32.1. The molecular formula is C19H20N4O3S. The monoisotopic (exact) mass is 384 g/mol. The molecule has 7 nitrogen and oxygen atoms in total. The zero-order valence-electron chi connectivity index (χ0n) is 15.1. The number of para-hydroxylation sites is 2. The van der Waals surface area contributed by atoms with Gasteiger partial charge in [-0.2, -0.15) is 14.9 Å². The molecule has 0 aliphatic carbocycles. The molecule has 140 valence electrons. The van der Waals surface area contributed by atoms with E-state index in [9.17, 15) is 0 Å². The van der Waals surface area contributed by atoms with E-state index in [1.807, 2.05) is 49.4 Å². The first kappa shape index (κ1) is 18.7. The van der Waals surface area contributed by atoms with E-state index in [0.717, 1.165) is 16.9 Å². The third kappa shape index (κ3) is 4.73. The molecule has 0 atom stereocenters. The van der Waals surface area contributed by atoms with Gasteiger partial charge in [0, 0.05) is 5.56 Å². The second-order valence-electron chi connectivity index (χ2n) is 5.49. The molecule has 0 amide bonds. The van der Waals surface area contributed by atoms with Crippen LogP contribution in [-0.2, 0) is 6.61 Å². The first-order valence-electron chi connectivity index (χ1n) is 8.39. The summed E-state index contributed by atoms with van der Waals surface area (Å²) in [6.45, 7) is 2.85. The van der Waals surface area contributed by atoms with Crippen molar-refractivity contribution < 1.29 is 14.2 Å². The molecule has 0 bridgehead atoms. The summed E-state index contributed by atoms with van der Waals surface area (Å²) in [7, 11) is 1.63. The Morgan fingerprint density at radius 1 is 1.15 bits per heavy atom. The van der Waals surface area contributed by atoms with Gasteiger partial charge in [-0.15, -0.1) is 0 Å². The van der Waals surface area contributed by atoms with Gasteiger partial charge in [0.2, 0.25) is 4.77 Å². The Morgan fingerprint density at radius 3 is 2.59 bits per heavy atom. The maximum atomic E-state index is 5.96. The van der Waals surface area contributed by atoms with Crippen LogP contribution in [0.3, 0.4) is 0 Å². The Kier molecular flexibility index (Phi) is 6.22. The van der Waals surface area contributed by atoms with Gasteiger partial charge in [-0.1, -0.05) is 12.1 Å². The van der Waals surface area contributed by atoms with Crippen molar-refractivity contribution >= 4 is 18.4 Å². The highest BCUT2D eigenvalue weighted by Gasteiger charge is 2.08. The fourth-order valence-corrected chi connectivity index (χ4v) is 2.59. The minimum atomic E-state index is 0.333. The lowest BCUT2D eigenvalue weighted by atomic mass is 10.1. The first-order valence-corrected chi connectivity index (χ1v) is 8.80. The molecule has 3 rings (SSSR count). The molecule has 1 heterocycles. The van der Waals surface area contributed by atoms with Crippen LogP contribution < -0.4 is 14.2 Å². The number of hydrogen-bond donors (Lipinski definition) is 1. The second kappa shape index (κ2) is 9.00. The molecule has 0 radical (unpaired) electrons. The van der Waals surface area contributed by atoms with E-state index in [0.29, 0.717) is 29.5 Å². The fraction of sp³-hybridized carbons (Fsp3) is 0.211. The Balaban J connectivity index is 1.79. The van der Waals surface area contributed by atoms with Gasteiger partial charge in [-0.3, -0.25) is 5.10 Å². The Morgan fingerprint density at radius 2 is 1.93 bits per heavy atom. The van der Waals surface area contributed by atoms with Crippen LogP contribution >= 0.6 is 12.2 Å². The first-order chi connectivity index (χ1) is 13.2. The van der Waals surface area contributed by atoms with Crippen LogP contribution in [0.25, 0.3) is 0 Å². The van der Waals surface area contributed by atoms with E-state index in [1.54, 1.807) is 13.3 Å². The van der Waals surface area contributed by atoms with Crippen LogP contribution in [0.15, 0.2) is 53.9 Å². The van der Waals surface area contributed by atoms with Gasteiger partial charge < -0.3 is 14.2 Å². The SMILES string of the molecule is CCOc1ccccc1OCc1cc(C=Nn2cn[nH]c2=S)ccc1OC.